The molecule has 0 radical (unpaired) electrons. The van der Waals surface area contributed by atoms with Crippen molar-refractivity contribution in [2.75, 3.05) is 19.6 Å². The van der Waals surface area contributed by atoms with Crippen LogP contribution in [0, 0.1) is 5.92 Å². The number of nitrogens with zero attached hydrogens (tertiary/aromatic N) is 4. The van der Waals surface area contributed by atoms with E-state index in [2.05, 4.69) is 50.3 Å². The maximum absolute atomic E-state index is 5.95. The molecule has 2 aromatic carbocycles. The predicted molar refractivity (Wildman–Crippen MR) is 108 cm³/mol. The fourth-order valence-corrected chi connectivity index (χ4v) is 4.62. The Labute approximate surface area is 166 Å². The van der Waals surface area contributed by atoms with Gasteiger partial charge in [-0.05, 0) is 36.5 Å². The van der Waals surface area contributed by atoms with E-state index in [9.17, 15) is 0 Å². The van der Waals surface area contributed by atoms with Crippen molar-refractivity contribution in [3.8, 4) is 11.5 Å². The lowest BCUT2D eigenvalue weighted by Crippen LogP contribution is -2.43. The Hall–Kier alpha value is -2.50. The molecule has 3 aliphatic rings. The quantitative estimate of drug-likeness (QED) is 0.679. The van der Waals surface area contributed by atoms with Gasteiger partial charge in [-0.1, -0.05) is 48.5 Å². The summed E-state index contributed by atoms with van der Waals surface area (Å²) in [5.41, 5.74) is 2.39. The first-order valence-electron chi connectivity index (χ1n) is 10.2. The Kier molecular flexibility index (Phi) is 4.93. The van der Waals surface area contributed by atoms with Gasteiger partial charge in [0.1, 0.15) is 0 Å². The molecule has 2 bridgehead atoms. The van der Waals surface area contributed by atoms with Crippen LogP contribution in [0.4, 0.5) is 0 Å². The molecule has 3 aromatic rings. The van der Waals surface area contributed by atoms with Crippen molar-refractivity contribution < 1.29 is 4.42 Å². The molecule has 1 aromatic heterocycles. The number of fused-ring (bicyclic) bond motifs is 4. The van der Waals surface area contributed by atoms with Crippen molar-refractivity contribution in [2.24, 2.45) is 5.92 Å². The van der Waals surface area contributed by atoms with Gasteiger partial charge in [0.25, 0.3) is 0 Å². The van der Waals surface area contributed by atoms with Crippen LogP contribution in [-0.2, 0) is 13.1 Å². The van der Waals surface area contributed by atoms with Crippen molar-refractivity contribution in [3.63, 3.8) is 0 Å². The highest BCUT2D eigenvalue weighted by atomic mass is 16.4. The van der Waals surface area contributed by atoms with Gasteiger partial charge in [0.15, 0.2) is 0 Å². The molecule has 4 heterocycles. The molecule has 6 rings (SSSR count). The molecular formula is C23H26N4O. The molecule has 3 aliphatic heterocycles. The lowest BCUT2D eigenvalue weighted by molar-refractivity contribution is 0.122. The summed E-state index contributed by atoms with van der Waals surface area (Å²) in [5.74, 6) is 2.05. The Morgan fingerprint density at radius 3 is 2.43 bits per heavy atom. The van der Waals surface area contributed by atoms with Crippen LogP contribution in [0.1, 0.15) is 24.3 Å². The molecule has 0 unspecified atom stereocenters. The second-order valence-corrected chi connectivity index (χ2v) is 8.07. The molecule has 28 heavy (non-hydrogen) atoms. The number of benzene rings is 2. The first-order chi connectivity index (χ1) is 13.8. The molecule has 0 aliphatic carbocycles. The fraction of sp³-hybridized carbons (Fsp3) is 0.391. The number of aromatic nitrogens is 2. The molecule has 3 saturated heterocycles. The van der Waals surface area contributed by atoms with E-state index in [0.29, 0.717) is 11.9 Å². The smallest absolute Gasteiger partial charge is 0.247 e. The topological polar surface area (TPSA) is 45.4 Å². The van der Waals surface area contributed by atoms with E-state index in [-0.39, 0.29) is 0 Å². The molecule has 0 spiro atoms. The minimum Gasteiger partial charge on any atom is -0.419 e. The standard InChI is InChI=1S/C23H26N4O/c1-3-7-18(8-4-1)14-27-15-19-11-12-21(27)16-26(13-19)17-22-24-25-23(28-22)20-9-5-2-6-10-20/h1-10,19,21H,11-17H2/t19-,21+/m0/s1. The van der Waals surface area contributed by atoms with Gasteiger partial charge in [-0.15, -0.1) is 10.2 Å². The number of hydrogen-bond acceptors (Lipinski definition) is 5. The van der Waals surface area contributed by atoms with E-state index in [4.69, 9.17) is 4.42 Å². The molecule has 5 heteroatoms. The monoisotopic (exact) mass is 374 g/mol. The third-order valence-electron chi connectivity index (χ3n) is 5.98. The highest BCUT2D eigenvalue weighted by Crippen LogP contribution is 2.30. The van der Waals surface area contributed by atoms with E-state index >= 15 is 0 Å². The average molecular weight is 374 g/mol. The van der Waals surface area contributed by atoms with Gasteiger partial charge in [-0.25, -0.2) is 0 Å². The normalized spacial score (nSPS) is 23.0. The zero-order valence-electron chi connectivity index (χ0n) is 16.1. The van der Waals surface area contributed by atoms with Crippen LogP contribution in [0.2, 0.25) is 0 Å². The third kappa shape index (κ3) is 3.86. The van der Waals surface area contributed by atoms with Gasteiger partial charge in [-0.3, -0.25) is 9.80 Å². The predicted octanol–water partition coefficient (Wildman–Crippen LogP) is 3.83. The van der Waals surface area contributed by atoms with Crippen LogP contribution in [0.5, 0.6) is 0 Å². The molecule has 2 atom stereocenters. The highest BCUT2D eigenvalue weighted by Gasteiger charge is 2.35. The highest BCUT2D eigenvalue weighted by molar-refractivity contribution is 5.51. The number of hydrogen-bond donors (Lipinski definition) is 0. The first kappa shape index (κ1) is 17.6. The Bertz CT molecular complexity index is 895. The lowest BCUT2D eigenvalue weighted by Gasteiger charge is -2.36. The molecule has 3 fully saturated rings. The van der Waals surface area contributed by atoms with E-state index in [1.807, 2.05) is 30.3 Å². The van der Waals surface area contributed by atoms with E-state index in [0.717, 1.165) is 43.6 Å². The summed E-state index contributed by atoms with van der Waals surface area (Å²) in [5, 5.41) is 8.55. The molecule has 0 amide bonds. The second kappa shape index (κ2) is 7.86. The largest absolute Gasteiger partial charge is 0.419 e. The molecule has 0 N–H and O–H groups in total. The molecule has 5 nitrogen and oxygen atoms in total. The summed E-state index contributed by atoms with van der Waals surface area (Å²) in [6.07, 6.45) is 2.61. The van der Waals surface area contributed by atoms with Gasteiger partial charge >= 0.3 is 0 Å². The van der Waals surface area contributed by atoms with E-state index in [1.165, 1.54) is 24.9 Å². The SMILES string of the molecule is c1ccc(CN2C[C@H]3CC[C@@H]2CN(Cc2nnc(-c4ccccc4)o2)C3)cc1. The van der Waals surface area contributed by atoms with Crippen LogP contribution in [0.3, 0.4) is 0 Å². The zero-order valence-corrected chi connectivity index (χ0v) is 16.1. The van der Waals surface area contributed by atoms with Gasteiger partial charge < -0.3 is 4.42 Å². The van der Waals surface area contributed by atoms with Crippen molar-refractivity contribution in [2.45, 2.75) is 32.0 Å². The summed E-state index contributed by atoms with van der Waals surface area (Å²) in [4.78, 5) is 5.18. The van der Waals surface area contributed by atoms with Gasteiger partial charge in [0, 0.05) is 37.8 Å². The van der Waals surface area contributed by atoms with Crippen molar-refractivity contribution >= 4 is 0 Å². The summed E-state index contributed by atoms with van der Waals surface area (Å²) in [6, 6.07) is 21.4. The third-order valence-corrected chi connectivity index (χ3v) is 5.98. The van der Waals surface area contributed by atoms with Crippen molar-refractivity contribution in [1.82, 2.24) is 20.0 Å². The fourth-order valence-electron chi connectivity index (χ4n) is 4.62. The van der Waals surface area contributed by atoms with Crippen molar-refractivity contribution in [3.05, 3.63) is 72.1 Å². The first-order valence-corrected chi connectivity index (χ1v) is 10.2. The summed E-state index contributed by atoms with van der Waals surface area (Å²) < 4.78 is 5.95. The Morgan fingerprint density at radius 1 is 0.821 bits per heavy atom. The maximum Gasteiger partial charge on any atom is 0.247 e. The van der Waals surface area contributed by atoms with Crippen LogP contribution >= 0.6 is 0 Å². The van der Waals surface area contributed by atoms with Crippen LogP contribution in [0.15, 0.2) is 65.1 Å². The number of rotatable bonds is 5. The van der Waals surface area contributed by atoms with Crippen LogP contribution in [0.25, 0.3) is 11.5 Å². The maximum atomic E-state index is 5.95. The molecule has 144 valence electrons. The molecule has 0 saturated carbocycles. The summed E-state index contributed by atoms with van der Waals surface area (Å²) >= 11 is 0. The minimum absolute atomic E-state index is 0.607. The van der Waals surface area contributed by atoms with Gasteiger partial charge in [0.05, 0.1) is 6.54 Å². The van der Waals surface area contributed by atoms with Crippen LogP contribution < -0.4 is 0 Å². The van der Waals surface area contributed by atoms with Gasteiger partial charge in [-0.2, -0.15) is 0 Å². The average Bonchev–Trinajstić information content (AvgIpc) is 3.03. The lowest BCUT2D eigenvalue weighted by atomic mass is 9.94. The number of piperidine rings is 1. The van der Waals surface area contributed by atoms with Crippen LogP contribution in [-0.4, -0.2) is 45.7 Å². The Balaban J connectivity index is 1.26. The van der Waals surface area contributed by atoms with Gasteiger partial charge in [0.2, 0.25) is 11.8 Å². The molecular weight excluding hydrogens is 348 g/mol. The van der Waals surface area contributed by atoms with Crippen molar-refractivity contribution in [1.29, 1.82) is 0 Å². The Morgan fingerprint density at radius 2 is 1.61 bits per heavy atom. The minimum atomic E-state index is 0.607. The zero-order chi connectivity index (χ0) is 18.8. The van der Waals surface area contributed by atoms with E-state index in [1.54, 1.807) is 0 Å². The summed E-state index contributed by atoms with van der Waals surface area (Å²) in [7, 11) is 0. The second-order valence-electron chi connectivity index (χ2n) is 8.07. The van der Waals surface area contributed by atoms with E-state index < -0.39 is 0 Å². The summed E-state index contributed by atoms with van der Waals surface area (Å²) in [6.45, 7) is 5.17.